The lowest BCUT2D eigenvalue weighted by molar-refractivity contribution is -0.122. The van der Waals surface area contributed by atoms with E-state index in [1.807, 2.05) is 12.1 Å². The lowest BCUT2D eigenvalue weighted by Crippen LogP contribution is -2.53. The topological polar surface area (TPSA) is 82.0 Å². The van der Waals surface area contributed by atoms with Gasteiger partial charge < -0.3 is 25.0 Å². The van der Waals surface area contributed by atoms with Gasteiger partial charge in [-0.05, 0) is 57.7 Å². The quantitative estimate of drug-likeness (QED) is 0.686. The largest absolute Gasteiger partial charge is 0.547 e. The molecule has 1 atom stereocenters. The van der Waals surface area contributed by atoms with Crippen molar-refractivity contribution in [1.82, 2.24) is 10.2 Å². The molecule has 1 heterocycles. The molecule has 0 saturated heterocycles. The van der Waals surface area contributed by atoms with Crippen LogP contribution in [0.1, 0.15) is 43.2 Å². The van der Waals surface area contributed by atoms with Crippen LogP contribution in [0.3, 0.4) is 0 Å². The molecule has 0 unspecified atom stereocenters. The van der Waals surface area contributed by atoms with Gasteiger partial charge in [0.25, 0.3) is 0 Å². The van der Waals surface area contributed by atoms with Crippen molar-refractivity contribution >= 4 is 13.0 Å². The molecular formula is C19H29BN2O4. The van der Waals surface area contributed by atoms with E-state index in [1.165, 1.54) is 0 Å². The number of nitrogens with zero attached hydrogens (tertiary/aromatic N) is 1. The fourth-order valence-corrected chi connectivity index (χ4v) is 4.13. The molecule has 6 nitrogen and oxygen atoms in total. The Labute approximate surface area is 155 Å². The predicted octanol–water partition coefficient (Wildman–Crippen LogP) is 1.13. The summed E-state index contributed by atoms with van der Waals surface area (Å²) < 4.78 is 5.57. The summed E-state index contributed by atoms with van der Waals surface area (Å²) in [5, 5.41) is 22.6. The van der Waals surface area contributed by atoms with E-state index in [1.54, 1.807) is 6.07 Å². The van der Waals surface area contributed by atoms with Crippen molar-refractivity contribution in [3.05, 3.63) is 29.3 Å². The average molecular weight is 360 g/mol. The zero-order chi connectivity index (χ0) is 18.7. The number of rotatable bonds is 5. The third-order valence-electron chi connectivity index (χ3n) is 5.74. The number of hydrogen-bond acceptors (Lipinski definition) is 5. The Balaban J connectivity index is 1.53. The molecule has 0 aromatic heterocycles. The molecule has 3 N–H and O–H groups in total. The molecule has 142 valence electrons. The van der Waals surface area contributed by atoms with Crippen LogP contribution in [0.5, 0.6) is 5.75 Å². The third-order valence-corrected chi connectivity index (χ3v) is 5.74. The predicted molar refractivity (Wildman–Crippen MR) is 101 cm³/mol. The van der Waals surface area contributed by atoms with E-state index in [9.17, 15) is 14.9 Å². The van der Waals surface area contributed by atoms with E-state index in [2.05, 4.69) is 24.3 Å². The number of para-hydroxylation sites is 1. The summed E-state index contributed by atoms with van der Waals surface area (Å²) in [5.41, 5.74) is 1.56. The molecule has 3 rings (SSSR count). The maximum Gasteiger partial charge on any atom is 0.547 e. The van der Waals surface area contributed by atoms with Gasteiger partial charge in [-0.3, -0.25) is 4.79 Å². The van der Waals surface area contributed by atoms with Gasteiger partial charge in [-0.15, -0.1) is 0 Å². The molecule has 26 heavy (non-hydrogen) atoms. The van der Waals surface area contributed by atoms with Crippen LogP contribution in [0.2, 0.25) is 0 Å². The second-order valence-electron chi connectivity index (χ2n) is 7.79. The van der Waals surface area contributed by atoms with Gasteiger partial charge in [0, 0.05) is 18.0 Å². The Kier molecular flexibility index (Phi) is 6.22. The molecule has 2 aliphatic rings. The molecule has 1 amide bonds. The van der Waals surface area contributed by atoms with Crippen molar-refractivity contribution in [3.8, 4) is 5.75 Å². The van der Waals surface area contributed by atoms with Crippen LogP contribution in [0.25, 0.3) is 0 Å². The molecule has 1 aromatic rings. The van der Waals surface area contributed by atoms with E-state index in [4.69, 9.17) is 4.65 Å². The number of amides is 1. The van der Waals surface area contributed by atoms with E-state index < -0.39 is 13.1 Å². The van der Waals surface area contributed by atoms with Crippen LogP contribution in [0, 0.1) is 5.92 Å². The number of nitrogens with one attached hydrogen (secondary N) is 1. The Hall–Kier alpha value is -1.57. The highest BCUT2D eigenvalue weighted by molar-refractivity contribution is 6.46. The van der Waals surface area contributed by atoms with Crippen LogP contribution < -0.4 is 9.97 Å². The standard InChI is InChI=1S/C19H29BN2O4/c1-22(2)16-8-6-13(7-9-16)10-18(24)21-17-11-14-4-3-5-15(12-23)19(14)26-20(17)25/h3-5,13,16-17,23,25H,6-12H2,1-2H3,(H,21,24)/t13?,16?,17-/m0/s1. The molecule has 1 saturated carbocycles. The Morgan fingerprint density at radius 3 is 2.69 bits per heavy atom. The number of aliphatic hydroxyl groups is 1. The number of hydrogen-bond donors (Lipinski definition) is 3. The second kappa shape index (κ2) is 8.42. The van der Waals surface area contributed by atoms with Gasteiger partial charge in [-0.1, -0.05) is 18.2 Å². The normalized spacial score (nSPS) is 25.6. The Morgan fingerprint density at radius 2 is 2.04 bits per heavy atom. The summed E-state index contributed by atoms with van der Waals surface area (Å²) in [7, 11) is 3.13. The summed E-state index contributed by atoms with van der Waals surface area (Å²) in [6.45, 7) is -0.136. The van der Waals surface area contributed by atoms with Crippen molar-refractivity contribution in [2.24, 2.45) is 5.92 Å². The molecule has 1 aliphatic carbocycles. The fraction of sp³-hybridized carbons (Fsp3) is 0.632. The van der Waals surface area contributed by atoms with Gasteiger partial charge in [0.2, 0.25) is 5.91 Å². The molecular weight excluding hydrogens is 331 g/mol. The van der Waals surface area contributed by atoms with Crippen LogP contribution in [0.15, 0.2) is 18.2 Å². The van der Waals surface area contributed by atoms with Crippen molar-refractivity contribution < 1.29 is 19.6 Å². The van der Waals surface area contributed by atoms with Gasteiger partial charge in [-0.2, -0.15) is 0 Å². The van der Waals surface area contributed by atoms with Gasteiger partial charge in [-0.25, -0.2) is 0 Å². The number of carbonyl (C=O) groups excluding carboxylic acids is 1. The molecule has 1 aliphatic heterocycles. The van der Waals surface area contributed by atoms with E-state index in [-0.39, 0.29) is 12.5 Å². The summed E-state index contributed by atoms with van der Waals surface area (Å²) in [4.78, 5) is 14.7. The molecule has 0 bridgehead atoms. The van der Waals surface area contributed by atoms with Crippen molar-refractivity contribution in [1.29, 1.82) is 0 Å². The zero-order valence-corrected chi connectivity index (χ0v) is 15.6. The number of fused-ring (bicyclic) bond motifs is 1. The maximum atomic E-state index is 12.4. The lowest BCUT2D eigenvalue weighted by atomic mass is 9.72. The SMILES string of the molecule is CN(C)C1CCC(CC(=O)N[C@H]2Cc3cccc(CO)c3OB2O)CC1. The number of aliphatic hydroxyl groups excluding tert-OH is 1. The fourth-order valence-electron chi connectivity index (χ4n) is 4.13. The highest BCUT2D eigenvalue weighted by Gasteiger charge is 2.37. The van der Waals surface area contributed by atoms with Gasteiger partial charge in [0.1, 0.15) is 5.75 Å². The molecule has 0 radical (unpaired) electrons. The van der Waals surface area contributed by atoms with Crippen LogP contribution in [0.4, 0.5) is 0 Å². The maximum absolute atomic E-state index is 12.4. The lowest BCUT2D eigenvalue weighted by Gasteiger charge is -2.33. The number of benzene rings is 1. The highest BCUT2D eigenvalue weighted by atomic mass is 16.5. The van der Waals surface area contributed by atoms with Crippen molar-refractivity contribution in [3.63, 3.8) is 0 Å². The van der Waals surface area contributed by atoms with Gasteiger partial charge in [0.15, 0.2) is 0 Å². The first-order valence-corrected chi connectivity index (χ1v) is 9.50. The highest BCUT2D eigenvalue weighted by Crippen LogP contribution is 2.31. The minimum atomic E-state index is -1.09. The van der Waals surface area contributed by atoms with E-state index >= 15 is 0 Å². The Morgan fingerprint density at radius 1 is 1.31 bits per heavy atom. The van der Waals surface area contributed by atoms with Crippen LogP contribution in [-0.2, 0) is 17.8 Å². The molecule has 0 spiro atoms. The molecule has 7 heteroatoms. The number of carbonyl (C=O) groups is 1. The van der Waals surface area contributed by atoms with Gasteiger partial charge >= 0.3 is 7.12 Å². The minimum Gasteiger partial charge on any atom is -0.534 e. The van der Waals surface area contributed by atoms with Crippen molar-refractivity contribution in [2.45, 2.75) is 57.1 Å². The van der Waals surface area contributed by atoms with Crippen LogP contribution >= 0.6 is 0 Å². The molecule has 1 aromatic carbocycles. The zero-order valence-electron chi connectivity index (χ0n) is 15.6. The van der Waals surface area contributed by atoms with Crippen LogP contribution in [-0.4, -0.2) is 54.1 Å². The summed E-state index contributed by atoms with van der Waals surface area (Å²) in [6.07, 6.45) is 5.43. The van der Waals surface area contributed by atoms with E-state index in [0.29, 0.717) is 36.1 Å². The second-order valence-corrected chi connectivity index (χ2v) is 7.79. The third kappa shape index (κ3) is 4.39. The summed E-state index contributed by atoms with van der Waals surface area (Å²) in [6, 6.07) is 6.16. The molecule has 1 fully saturated rings. The first-order valence-electron chi connectivity index (χ1n) is 9.50. The van der Waals surface area contributed by atoms with Gasteiger partial charge in [0.05, 0.1) is 12.5 Å². The van der Waals surface area contributed by atoms with E-state index in [0.717, 1.165) is 31.2 Å². The Bertz CT molecular complexity index is 632. The first kappa shape index (κ1) is 19.2. The first-order chi connectivity index (χ1) is 12.5. The summed E-state index contributed by atoms with van der Waals surface area (Å²) in [5.74, 6) is 0.478. The monoisotopic (exact) mass is 360 g/mol. The minimum absolute atomic E-state index is 0.0206. The van der Waals surface area contributed by atoms with Crippen molar-refractivity contribution in [2.75, 3.05) is 14.1 Å². The average Bonchev–Trinajstić information content (AvgIpc) is 2.62. The summed E-state index contributed by atoms with van der Waals surface area (Å²) >= 11 is 0. The smallest absolute Gasteiger partial charge is 0.534 e.